The molecule has 6 heteroatoms. The molecule has 0 heterocycles. The van der Waals surface area contributed by atoms with Crippen LogP contribution in [0.15, 0.2) is 0 Å². The molecule has 1 saturated carbocycles. The average molecular weight is 274 g/mol. The smallest absolute Gasteiger partial charge is 0.315 e. The zero-order valence-electron chi connectivity index (χ0n) is 11.0. The summed E-state index contributed by atoms with van der Waals surface area (Å²) in [6.45, 7) is 2.50. The van der Waals surface area contributed by atoms with Crippen molar-refractivity contribution in [1.82, 2.24) is 10.6 Å². The maximum Gasteiger partial charge on any atom is 0.315 e. The lowest BCUT2D eigenvalue weighted by Crippen LogP contribution is -2.49. The molecule has 104 valence electrons. The number of carboxylic acid groups (broad SMARTS) is 1. The fourth-order valence-electron chi connectivity index (χ4n) is 1.95. The minimum Gasteiger partial charge on any atom is -0.481 e. The van der Waals surface area contributed by atoms with Gasteiger partial charge in [0.15, 0.2) is 0 Å². The molecule has 18 heavy (non-hydrogen) atoms. The van der Waals surface area contributed by atoms with Crippen LogP contribution in [0.3, 0.4) is 0 Å². The highest BCUT2D eigenvalue weighted by molar-refractivity contribution is 8.00. The normalized spacial score (nSPS) is 18.6. The SMILES string of the molecule is CSC1(CNC(=O)NC(C)CCC(=O)O)CCC1. The Hall–Kier alpha value is -0.910. The first-order valence-electron chi connectivity index (χ1n) is 6.29. The summed E-state index contributed by atoms with van der Waals surface area (Å²) in [5.41, 5.74) is 0. The van der Waals surface area contributed by atoms with Crippen molar-refractivity contribution in [3.05, 3.63) is 0 Å². The molecule has 5 nitrogen and oxygen atoms in total. The number of carboxylic acids is 1. The molecule has 0 aliphatic heterocycles. The zero-order chi connectivity index (χ0) is 13.6. The summed E-state index contributed by atoms with van der Waals surface area (Å²) < 4.78 is 0.224. The van der Waals surface area contributed by atoms with E-state index in [-0.39, 0.29) is 23.2 Å². The van der Waals surface area contributed by atoms with Gasteiger partial charge in [-0.15, -0.1) is 0 Å². The fourth-order valence-corrected chi connectivity index (χ4v) is 2.87. The van der Waals surface area contributed by atoms with Crippen LogP contribution in [0, 0.1) is 0 Å². The Labute approximate surface area is 112 Å². The van der Waals surface area contributed by atoms with Crippen LogP contribution in [0.25, 0.3) is 0 Å². The number of thioether (sulfide) groups is 1. The van der Waals surface area contributed by atoms with Gasteiger partial charge in [0.25, 0.3) is 0 Å². The second kappa shape index (κ2) is 6.87. The lowest BCUT2D eigenvalue weighted by Gasteiger charge is -2.40. The molecule has 1 aliphatic rings. The second-order valence-electron chi connectivity index (χ2n) is 4.90. The number of carbonyl (C=O) groups excluding carboxylic acids is 1. The third-order valence-electron chi connectivity index (χ3n) is 3.44. The van der Waals surface area contributed by atoms with Gasteiger partial charge in [-0.3, -0.25) is 4.79 Å². The molecular weight excluding hydrogens is 252 g/mol. The number of aliphatic carboxylic acids is 1. The lowest BCUT2D eigenvalue weighted by atomic mass is 9.84. The van der Waals surface area contributed by atoms with Crippen molar-refractivity contribution in [3.8, 4) is 0 Å². The van der Waals surface area contributed by atoms with Crippen molar-refractivity contribution < 1.29 is 14.7 Å². The van der Waals surface area contributed by atoms with Crippen molar-refractivity contribution in [2.75, 3.05) is 12.8 Å². The molecule has 2 amide bonds. The molecule has 0 radical (unpaired) electrons. The van der Waals surface area contributed by atoms with E-state index in [1.165, 1.54) is 6.42 Å². The molecule has 0 spiro atoms. The molecule has 1 unspecified atom stereocenters. The van der Waals surface area contributed by atoms with Gasteiger partial charge in [0, 0.05) is 23.8 Å². The zero-order valence-corrected chi connectivity index (χ0v) is 11.8. The van der Waals surface area contributed by atoms with Crippen LogP contribution in [0.4, 0.5) is 4.79 Å². The molecular formula is C12H22N2O3S. The summed E-state index contributed by atoms with van der Waals surface area (Å²) in [5.74, 6) is -0.833. The van der Waals surface area contributed by atoms with Gasteiger partial charge in [0.2, 0.25) is 0 Å². The number of hydrogen-bond donors (Lipinski definition) is 3. The van der Waals surface area contributed by atoms with E-state index in [1.807, 2.05) is 18.7 Å². The van der Waals surface area contributed by atoms with Crippen molar-refractivity contribution in [3.63, 3.8) is 0 Å². The van der Waals surface area contributed by atoms with E-state index in [0.717, 1.165) is 12.8 Å². The van der Waals surface area contributed by atoms with Crippen LogP contribution in [0.2, 0.25) is 0 Å². The van der Waals surface area contributed by atoms with Gasteiger partial charge in [-0.25, -0.2) is 4.79 Å². The maximum absolute atomic E-state index is 11.6. The standard InChI is InChI=1S/C12H22N2O3S/c1-9(4-5-10(15)16)14-11(17)13-8-12(18-2)6-3-7-12/h9H,3-8H2,1-2H3,(H,15,16)(H2,13,14,17). The number of carbonyl (C=O) groups is 2. The predicted molar refractivity (Wildman–Crippen MR) is 73.0 cm³/mol. The Morgan fingerprint density at radius 3 is 2.56 bits per heavy atom. The van der Waals surface area contributed by atoms with Crippen LogP contribution in [-0.2, 0) is 4.79 Å². The third kappa shape index (κ3) is 4.76. The lowest BCUT2D eigenvalue weighted by molar-refractivity contribution is -0.137. The summed E-state index contributed by atoms with van der Waals surface area (Å²) in [6.07, 6.45) is 6.16. The summed E-state index contributed by atoms with van der Waals surface area (Å²) in [7, 11) is 0. The summed E-state index contributed by atoms with van der Waals surface area (Å²) in [5, 5.41) is 14.2. The summed E-state index contributed by atoms with van der Waals surface area (Å²) in [4.78, 5) is 22.0. The van der Waals surface area contributed by atoms with E-state index in [0.29, 0.717) is 13.0 Å². The van der Waals surface area contributed by atoms with Crippen LogP contribution in [0.5, 0.6) is 0 Å². The third-order valence-corrected chi connectivity index (χ3v) is 4.86. The Bertz CT molecular complexity index is 300. The van der Waals surface area contributed by atoms with E-state index < -0.39 is 5.97 Å². The van der Waals surface area contributed by atoms with Crippen molar-refractivity contribution in [1.29, 1.82) is 0 Å². The highest BCUT2D eigenvalue weighted by atomic mass is 32.2. The van der Waals surface area contributed by atoms with Crippen molar-refractivity contribution in [2.45, 2.75) is 49.8 Å². The molecule has 0 aromatic carbocycles. The van der Waals surface area contributed by atoms with E-state index in [2.05, 4.69) is 16.9 Å². The molecule has 3 N–H and O–H groups in total. The Morgan fingerprint density at radius 1 is 1.44 bits per heavy atom. The van der Waals surface area contributed by atoms with Crippen LogP contribution < -0.4 is 10.6 Å². The first-order valence-corrected chi connectivity index (χ1v) is 7.51. The minimum absolute atomic E-state index is 0.0796. The Kier molecular flexibility index (Phi) is 5.78. The first-order chi connectivity index (χ1) is 8.47. The number of amides is 2. The molecule has 0 bridgehead atoms. The minimum atomic E-state index is -0.833. The summed E-state index contributed by atoms with van der Waals surface area (Å²) in [6, 6.07) is -0.319. The van der Waals surface area contributed by atoms with Gasteiger partial charge in [-0.05, 0) is 32.4 Å². The van der Waals surface area contributed by atoms with Gasteiger partial charge in [-0.1, -0.05) is 6.42 Å². The van der Waals surface area contributed by atoms with Gasteiger partial charge in [0.1, 0.15) is 0 Å². The molecule has 1 rings (SSSR count). The monoisotopic (exact) mass is 274 g/mol. The molecule has 0 saturated heterocycles. The fraction of sp³-hybridized carbons (Fsp3) is 0.833. The Balaban J connectivity index is 2.18. The molecule has 0 aromatic rings. The van der Waals surface area contributed by atoms with Crippen LogP contribution in [0.1, 0.15) is 39.0 Å². The van der Waals surface area contributed by atoms with Crippen molar-refractivity contribution in [2.24, 2.45) is 0 Å². The van der Waals surface area contributed by atoms with Crippen LogP contribution in [-0.4, -0.2) is 40.7 Å². The number of nitrogens with one attached hydrogen (secondary N) is 2. The number of hydrogen-bond acceptors (Lipinski definition) is 3. The highest BCUT2D eigenvalue weighted by Crippen LogP contribution is 2.42. The van der Waals surface area contributed by atoms with Crippen molar-refractivity contribution >= 4 is 23.8 Å². The molecule has 1 atom stereocenters. The van der Waals surface area contributed by atoms with Gasteiger partial charge in [0.05, 0.1) is 0 Å². The Morgan fingerprint density at radius 2 is 2.11 bits per heavy atom. The van der Waals surface area contributed by atoms with E-state index in [4.69, 9.17) is 5.11 Å². The topological polar surface area (TPSA) is 78.4 Å². The number of rotatable bonds is 7. The molecule has 0 aromatic heterocycles. The van der Waals surface area contributed by atoms with E-state index >= 15 is 0 Å². The largest absolute Gasteiger partial charge is 0.481 e. The number of urea groups is 1. The van der Waals surface area contributed by atoms with E-state index in [9.17, 15) is 9.59 Å². The van der Waals surface area contributed by atoms with Gasteiger partial charge in [-0.2, -0.15) is 11.8 Å². The van der Waals surface area contributed by atoms with Gasteiger partial charge < -0.3 is 15.7 Å². The average Bonchev–Trinajstić information content (AvgIpc) is 2.25. The van der Waals surface area contributed by atoms with E-state index in [1.54, 1.807) is 0 Å². The van der Waals surface area contributed by atoms with Crippen LogP contribution >= 0.6 is 11.8 Å². The predicted octanol–water partition coefficient (Wildman–Crippen LogP) is 1.82. The maximum atomic E-state index is 11.6. The first kappa shape index (κ1) is 15.1. The molecule has 1 aliphatic carbocycles. The van der Waals surface area contributed by atoms with Gasteiger partial charge >= 0.3 is 12.0 Å². The quantitative estimate of drug-likeness (QED) is 0.662. The highest BCUT2D eigenvalue weighted by Gasteiger charge is 2.36. The summed E-state index contributed by atoms with van der Waals surface area (Å²) >= 11 is 1.81. The molecule has 1 fully saturated rings. The second-order valence-corrected chi connectivity index (χ2v) is 6.18.